The molecule has 80 valence electrons. The maximum Gasteiger partial charge on any atom is 0.218 e. The number of hydrogen-bond donors (Lipinski definition) is 2. The zero-order valence-corrected chi connectivity index (χ0v) is 8.82. The van der Waals surface area contributed by atoms with E-state index in [2.05, 4.69) is 10.4 Å². The van der Waals surface area contributed by atoms with Crippen LogP contribution in [0.3, 0.4) is 0 Å². The van der Waals surface area contributed by atoms with Gasteiger partial charge in [-0.2, -0.15) is 0 Å². The second-order valence-electron chi connectivity index (χ2n) is 3.15. The van der Waals surface area contributed by atoms with E-state index in [0.29, 0.717) is 5.95 Å². The number of nitrogens with one attached hydrogen (secondary N) is 1. The summed E-state index contributed by atoms with van der Waals surface area (Å²) in [5, 5.41) is 0. The maximum atomic E-state index is 5.41. The predicted octanol–water partition coefficient (Wildman–Crippen LogP) is 1.35. The summed E-state index contributed by atoms with van der Waals surface area (Å²) < 4.78 is 7.28. The molecule has 0 saturated heterocycles. The highest BCUT2D eigenvalue weighted by molar-refractivity contribution is 5.84. The zero-order valence-electron chi connectivity index (χ0n) is 8.82. The molecule has 2 aromatic rings. The van der Waals surface area contributed by atoms with Crippen LogP contribution in [-0.2, 0) is 6.54 Å². The number of rotatable bonds is 3. The number of hydrogen-bond acceptors (Lipinski definition) is 4. The first-order valence-electron chi connectivity index (χ1n) is 4.81. The maximum absolute atomic E-state index is 5.41. The highest BCUT2D eigenvalue weighted by Gasteiger charge is 2.11. The summed E-state index contributed by atoms with van der Waals surface area (Å²) >= 11 is 0. The summed E-state index contributed by atoms with van der Waals surface area (Å²) in [5.41, 5.74) is 4.43. The highest BCUT2D eigenvalue weighted by atomic mass is 16.5. The molecule has 2 rings (SSSR count). The lowest BCUT2D eigenvalue weighted by atomic mass is 10.3. The molecule has 5 heteroatoms. The van der Waals surface area contributed by atoms with Crippen molar-refractivity contribution in [1.29, 1.82) is 0 Å². The number of aromatic nitrogens is 2. The Hall–Kier alpha value is -1.75. The third-order valence-electron chi connectivity index (χ3n) is 2.39. The van der Waals surface area contributed by atoms with Gasteiger partial charge < -0.3 is 9.30 Å². The molecule has 1 aromatic carbocycles. The summed E-state index contributed by atoms with van der Waals surface area (Å²) in [6.07, 6.45) is 0. The molecule has 5 nitrogen and oxygen atoms in total. The van der Waals surface area contributed by atoms with Gasteiger partial charge in [0.2, 0.25) is 5.95 Å². The first-order chi connectivity index (χ1) is 7.31. The second kappa shape index (κ2) is 3.78. The van der Waals surface area contributed by atoms with Crippen LogP contribution in [-0.4, -0.2) is 16.7 Å². The minimum atomic E-state index is 0.650. The van der Waals surface area contributed by atoms with Crippen LogP contribution >= 0.6 is 0 Å². The number of aryl methyl sites for hydroxylation is 1. The van der Waals surface area contributed by atoms with Gasteiger partial charge >= 0.3 is 0 Å². The first-order valence-corrected chi connectivity index (χ1v) is 4.81. The van der Waals surface area contributed by atoms with E-state index in [1.165, 1.54) is 0 Å². The van der Waals surface area contributed by atoms with E-state index in [1.54, 1.807) is 7.11 Å². The van der Waals surface area contributed by atoms with E-state index in [4.69, 9.17) is 10.6 Å². The van der Waals surface area contributed by atoms with Gasteiger partial charge in [-0.25, -0.2) is 10.8 Å². The summed E-state index contributed by atoms with van der Waals surface area (Å²) in [4.78, 5) is 4.36. The molecule has 15 heavy (non-hydrogen) atoms. The fourth-order valence-electron chi connectivity index (χ4n) is 1.74. The Morgan fingerprint density at radius 1 is 1.53 bits per heavy atom. The van der Waals surface area contributed by atoms with Crippen LogP contribution in [0.25, 0.3) is 11.0 Å². The molecular weight excluding hydrogens is 192 g/mol. The number of ether oxygens (including phenoxy) is 1. The fourth-order valence-corrected chi connectivity index (χ4v) is 1.74. The van der Waals surface area contributed by atoms with Gasteiger partial charge in [0.15, 0.2) is 0 Å². The van der Waals surface area contributed by atoms with Crippen molar-refractivity contribution in [3.05, 3.63) is 18.2 Å². The number of methoxy groups -OCH3 is 1. The van der Waals surface area contributed by atoms with Gasteiger partial charge in [0.05, 0.1) is 12.6 Å². The van der Waals surface area contributed by atoms with Crippen molar-refractivity contribution in [2.45, 2.75) is 13.5 Å². The largest absolute Gasteiger partial charge is 0.494 e. The van der Waals surface area contributed by atoms with Crippen LogP contribution < -0.4 is 16.0 Å². The first kappa shape index (κ1) is 9.79. The quantitative estimate of drug-likeness (QED) is 0.587. The SMILES string of the molecule is CCn1c(NN)nc2cccc(OC)c21. The Labute approximate surface area is 87.8 Å². The lowest BCUT2D eigenvalue weighted by molar-refractivity contribution is 0.417. The van der Waals surface area contributed by atoms with E-state index in [0.717, 1.165) is 23.3 Å². The minimum Gasteiger partial charge on any atom is -0.494 e. The molecule has 0 atom stereocenters. The lowest BCUT2D eigenvalue weighted by Crippen LogP contribution is -2.12. The zero-order chi connectivity index (χ0) is 10.8. The third kappa shape index (κ3) is 1.41. The van der Waals surface area contributed by atoms with Crippen molar-refractivity contribution in [2.75, 3.05) is 12.5 Å². The summed E-state index contributed by atoms with van der Waals surface area (Å²) in [6, 6.07) is 5.76. The van der Waals surface area contributed by atoms with Crippen molar-refractivity contribution in [3.63, 3.8) is 0 Å². The monoisotopic (exact) mass is 206 g/mol. The molecule has 1 aromatic heterocycles. The van der Waals surface area contributed by atoms with Crippen LogP contribution in [0.15, 0.2) is 18.2 Å². The summed E-state index contributed by atoms with van der Waals surface area (Å²) in [7, 11) is 1.65. The summed E-state index contributed by atoms with van der Waals surface area (Å²) in [6.45, 7) is 2.82. The topological polar surface area (TPSA) is 65.1 Å². The molecule has 0 spiro atoms. The van der Waals surface area contributed by atoms with E-state index in [9.17, 15) is 0 Å². The lowest BCUT2D eigenvalue weighted by Gasteiger charge is -2.07. The number of nitrogen functional groups attached to an aromatic ring is 1. The van der Waals surface area contributed by atoms with Gasteiger partial charge in [-0.1, -0.05) is 6.07 Å². The Bertz CT molecular complexity index is 477. The van der Waals surface area contributed by atoms with Gasteiger partial charge in [-0.3, -0.25) is 5.43 Å². The Morgan fingerprint density at radius 2 is 2.33 bits per heavy atom. The number of imidazole rings is 1. The van der Waals surface area contributed by atoms with E-state index >= 15 is 0 Å². The third-order valence-corrected chi connectivity index (χ3v) is 2.39. The molecule has 0 aliphatic rings. The van der Waals surface area contributed by atoms with Gasteiger partial charge in [-0.05, 0) is 19.1 Å². The number of para-hydroxylation sites is 1. The Morgan fingerprint density at radius 3 is 2.93 bits per heavy atom. The van der Waals surface area contributed by atoms with Crippen molar-refractivity contribution in [2.24, 2.45) is 5.84 Å². The number of hydrazine groups is 1. The van der Waals surface area contributed by atoms with Gasteiger partial charge in [0.1, 0.15) is 11.3 Å². The number of nitrogens with two attached hydrogens (primary N) is 1. The number of nitrogens with zero attached hydrogens (tertiary/aromatic N) is 2. The molecule has 0 fully saturated rings. The van der Waals surface area contributed by atoms with Crippen LogP contribution in [0.5, 0.6) is 5.75 Å². The molecule has 1 heterocycles. The molecule has 3 N–H and O–H groups in total. The van der Waals surface area contributed by atoms with Crippen molar-refractivity contribution >= 4 is 17.0 Å². The fraction of sp³-hybridized carbons (Fsp3) is 0.300. The van der Waals surface area contributed by atoms with Crippen LogP contribution in [0.1, 0.15) is 6.92 Å². The standard InChI is InChI=1S/C10H14N4O/c1-3-14-9-7(12-10(14)13-11)5-4-6-8(9)15-2/h4-6H,3,11H2,1-2H3,(H,12,13). The van der Waals surface area contributed by atoms with Gasteiger partial charge in [0, 0.05) is 6.54 Å². The molecular formula is C10H14N4O. The second-order valence-corrected chi connectivity index (χ2v) is 3.15. The van der Waals surface area contributed by atoms with Gasteiger partial charge in [0.25, 0.3) is 0 Å². The van der Waals surface area contributed by atoms with Crippen molar-refractivity contribution in [3.8, 4) is 5.75 Å². The number of anilines is 1. The molecule has 0 amide bonds. The van der Waals surface area contributed by atoms with Crippen LogP contribution in [0.4, 0.5) is 5.95 Å². The number of fused-ring (bicyclic) bond motifs is 1. The van der Waals surface area contributed by atoms with Crippen molar-refractivity contribution < 1.29 is 4.74 Å². The van der Waals surface area contributed by atoms with E-state index < -0.39 is 0 Å². The molecule has 0 aliphatic heterocycles. The van der Waals surface area contributed by atoms with Crippen LogP contribution in [0.2, 0.25) is 0 Å². The molecule has 0 bridgehead atoms. The van der Waals surface area contributed by atoms with Crippen molar-refractivity contribution in [1.82, 2.24) is 9.55 Å². The van der Waals surface area contributed by atoms with E-state index in [-0.39, 0.29) is 0 Å². The normalized spacial score (nSPS) is 10.6. The summed E-state index contributed by atoms with van der Waals surface area (Å²) in [5.74, 6) is 6.87. The van der Waals surface area contributed by atoms with Crippen LogP contribution in [0, 0.1) is 0 Å². The average Bonchev–Trinajstić information content (AvgIpc) is 2.66. The Balaban J connectivity index is 2.78. The molecule has 0 radical (unpaired) electrons. The predicted molar refractivity (Wildman–Crippen MR) is 59.8 cm³/mol. The average molecular weight is 206 g/mol. The number of benzene rings is 1. The smallest absolute Gasteiger partial charge is 0.218 e. The minimum absolute atomic E-state index is 0.650. The molecule has 0 aliphatic carbocycles. The molecule has 0 saturated carbocycles. The Kier molecular flexibility index (Phi) is 2.47. The van der Waals surface area contributed by atoms with E-state index in [1.807, 2.05) is 29.7 Å². The molecule has 0 unspecified atom stereocenters. The highest BCUT2D eigenvalue weighted by Crippen LogP contribution is 2.27. The van der Waals surface area contributed by atoms with Gasteiger partial charge in [-0.15, -0.1) is 0 Å².